The summed E-state index contributed by atoms with van der Waals surface area (Å²) >= 11 is 0. The van der Waals surface area contributed by atoms with E-state index in [0.717, 1.165) is 16.8 Å². The number of nitriles is 1. The van der Waals surface area contributed by atoms with Crippen LogP contribution in [0.25, 0.3) is 0 Å². The maximum absolute atomic E-state index is 11.9. The van der Waals surface area contributed by atoms with Gasteiger partial charge in [0.15, 0.2) is 0 Å². The minimum atomic E-state index is -0.363. The third-order valence-corrected chi connectivity index (χ3v) is 2.78. The SMILES string of the molecule is Cc1cc(C)cc(NC(=O)Nc2ccccc2C#N)c1. The molecule has 0 unspecified atom stereocenters. The molecular weight excluding hydrogens is 250 g/mol. The van der Waals surface area contributed by atoms with Crippen molar-refractivity contribution in [2.45, 2.75) is 13.8 Å². The fourth-order valence-electron chi connectivity index (χ4n) is 2.02. The number of para-hydroxylation sites is 1. The molecule has 2 aromatic rings. The van der Waals surface area contributed by atoms with Crippen LogP contribution < -0.4 is 10.6 Å². The number of amides is 2. The number of aryl methyl sites for hydroxylation is 2. The first kappa shape index (κ1) is 13.6. The van der Waals surface area contributed by atoms with Crippen molar-refractivity contribution in [3.63, 3.8) is 0 Å². The summed E-state index contributed by atoms with van der Waals surface area (Å²) in [6.07, 6.45) is 0. The second kappa shape index (κ2) is 5.89. The molecular formula is C16H15N3O. The zero-order valence-electron chi connectivity index (χ0n) is 11.4. The summed E-state index contributed by atoms with van der Waals surface area (Å²) < 4.78 is 0. The average Bonchev–Trinajstić information content (AvgIpc) is 2.37. The standard InChI is InChI=1S/C16H15N3O/c1-11-7-12(2)9-14(8-11)18-16(20)19-15-6-4-3-5-13(15)10-17/h3-9H,1-2H3,(H2,18,19,20). The van der Waals surface area contributed by atoms with Gasteiger partial charge in [0.1, 0.15) is 6.07 Å². The summed E-state index contributed by atoms with van der Waals surface area (Å²) in [4.78, 5) is 11.9. The van der Waals surface area contributed by atoms with Crippen molar-refractivity contribution in [2.75, 3.05) is 10.6 Å². The fraction of sp³-hybridized carbons (Fsp3) is 0.125. The number of urea groups is 1. The quantitative estimate of drug-likeness (QED) is 0.866. The van der Waals surface area contributed by atoms with Crippen LogP contribution in [0.5, 0.6) is 0 Å². The monoisotopic (exact) mass is 265 g/mol. The Bertz CT molecular complexity index is 666. The van der Waals surface area contributed by atoms with Gasteiger partial charge in [0.2, 0.25) is 0 Å². The minimum Gasteiger partial charge on any atom is -0.308 e. The third kappa shape index (κ3) is 3.36. The molecule has 0 saturated heterocycles. The molecule has 0 heterocycles. The van der Waals surface area contributed by atoms with Crippen LogP contribution >= 0.6 is 0 Å². The molecule has 2 aromatic carbocycles. The van der Waals surface area contributed by atoms with E-state index in [9.17, 15) is 4.79 Å². The fourth-order valence-corrected chi connectivity index (χ4v) is 2.02. The number of nitrogens with one attached hydrogen (secondary N) is 2. The Kier molecular flexibility index (Phi) is 4.02. The number of rotatable bonds is 2. The van der Waals surface area contributed by atoms with Crippen molar-refractivity contribution in [3.8, 4) is 6.07 Å². The number of nitrogens with zero attached hydrogens (tertiary/aromatic N) is 1. The van der Waals surface area contributed by atoms with Crippen LogP contribution in [-0.2, 0) is 0 Å². The lowest BCUT2D eigenvalue weighted by atomic mass is 10.1. The second-order valence-corrected chi connectivity index (χ2v) is 4.61. The van der Waals surface area contributed by atoms with Gasteiger partial charge in [0.25, 0.3) is 0 Å². The van der Waals surface area contributed by atoms with Crippen molar-refractivity contribution in [2.24, 2.45) is 0 Å². The molecule has 2 N–H and O–H groups in total. The molecule has 0 aliphatic rings. The highest BCUT2D eigenvalue weighted by atomic mass is 16.2. The number of hydrogen-bond donors (Lipinski definition) is 2. The first-order chi connectivity index (χ1) is 9.58. The van der Waals surface area contributed by atoms with Crippen molar-refractivity contribution in [1.82, 2.24) is 0 Å². The first-order valence-electron chi connectivity index (χ1n) is 6.24. The van der Waals surface area contributed by atoms with E-state index in [1.54, 1.807) is 24.3 Å². The molecule has 2 rings (SSSR count). The number of hydrogen-bond acceptors (Lipinski definition) is 2. The van der Waals surface area contributed by atoms with Gasteiger partial charge in [0.05, 0.1) is 11.3 Å². The molecule has 100 valence electrons. The van der Waals surface area contributed by atoms with Gasteiger partial charge in [-0.15, -0.1) is 0 Å². The van der Waals surface area contributed by atoms with Gasteiger partial charge in [-0.3, -0.25) is 0 Å². The van der Waals surface area contributed by atoms with Crippen LogP contribution in [0.1, 0.15) is 16.7 Å². The molecule has 4 nitrogen and oxygen atoms in total. The molecule has 2 amide bonds. The Hall–Kier alpha value is -2.80. The van der Waals surface area contributed by atoms with Crippen LogP contribution in [0, 0.1) is 25.2 Å². The van der Waals surface area contributed by atoms with Crippen LogP contribution in [0.15, 0.2) is 42.5 Å². The van der Waals surface area contributed by atoms with Gasteiger partial charge in [-0.1, -0.05) is 18.2 Å². The van der Waals surface area contributed by atoms with Crippen molar-refractivity contribution in [3.05, 3.63) is 59.2 Å². The lowest BCUT2D eigenvalue weighted by Gasteiger charge is -2.10. The van der Waals surface area contributed by atoms with Gasteiger partial charge in [-0.2, -0.15) is 5.26 Å². The van der Waals surface area contributed by atoms with E-state index in [-0.39, 0.29) is 6.03 Å². The van der Waals surface area contributed by atoms with Gasteiger partial charge in [-0.25, -0.2) is 4.79 Å². The second-order valence-electron chi connectivity index (χ2n) is 4.61. The highest BCUT2D eigenvalue weighted by Gasteiger charge is 2.06. The molecule has 4 heteroatoms. The predicted octanol–water partition coefficient (Wildman–Crippen LogP) is 3.82. The summed E-state index contributed by atoms with van der Waals surface area (Å²) in [5.41, 5.74) is 3.82. The number of benzene rings is 2. The largest absolute Gasteiger partial charge is 0.323 e. The van der Waals surface area contributed by atoms with E-state index in [2.05, 4.69) is 10.6 Å². The summed E-state index contributed by atoms with van der Waals surface area (Å²) in [5, 5.41) is 14.4. The molecule has 0 spiro atoms. The Morgan fingerprint density at radius 1 is 1.05 bits per heavy atom. The lowest BCUT2D eigenvalue weighted by molar-refractivity contribution is 0.262. The Morgan fingerprint density at radius 2 is 1.70 bits per heavy atom. The van der Waals surface area contributed by atoms with E-state index in [4.69, 9.17) is 5.26 Å². The van der Waals surface area contributed by atoms with Crippen LogP contribution in [0.4, 0.5) is 16.2 Å². The molecule has 0 bridgehead atoms. The third-order valence-electron chi connectivity index (χ3n) is 2.78. The van der Waals surface area contributed by atoms with Crippen LogP contribution in [0.2, 0.25) is 0 Å². The van der Waals surface area contributed by atoms with Gasteiger partial charge < -0.3 is 10.6 Å². The predicted molar refractivity (Wildman–Crippen MR) is 79.7 cm³/mol. The summed E-state index contributed by atoms with van der Waals surface area (Å²) in [6, 6.07) is 14.4. The molecule has 20 heavy (non-hydrogen) atoms. The molecule has 0 saturated carbocycles. The summed E-state index contributed by atoms with van der Waals surface area (Å²) in [5.74, 6) is 0. The topological polar surface area (TPSA) is 64.9 Å². The lowest BCUT2D eigenvalue weighted by Crippen LogP contribution is -2.20. The number of carbonyl (C=O) groups is 1. The zero-order chi connectivity index (χ0) is 14.5. The molecule has 0 radical (unpaired) electrons. The minimum absolute atomic E-state index is 0.363. The van der Waals surface area contributed by atoms with Crippen molar-refractivity contribution < 1.29 is 4.79 Å². The zero-order valence-corrected chi connectivity index (χ0v) is 11.4. The molecule has 0 atom stereocenters. The van der Waals surface area contributed by atoms with Gasteiger partial charge in [0, 0.05) is 5.69 Å². The first-order valence-corrected chi connectivity index (χ1v) is 6.24. The number of anilines is 2. The Morgan fingerprint density at radius 3 is 2.35 bits per heavy atom. The maximum Gasteiger partial charge on any atom is 0.323 e. The summed E-state index contributed by atoms with van der Waals surface area (Å²) in [6.45, 7) is 3.95. The summed E-state index contributed by atoms with van der Waals surface area (Å²) in [7, 11) is 0. The maximum atomic E-state index is 11.9. The average molecular weight is 265 g/mol. The van der Waals surface area contributed by atoms with E-state index in [1.807, 2.05) is 38.1 Å². The molecule has 0 aliphatic carbocycles. The smallest absolute Gasteiger partial charge is 0.308 e. The highest BCUT2D eigenvalue weighted by Crippen LogP contribution is 2.16. The number of carbonyl (C=O) groups excluding carboxylic acids is 1. The molecule has 0 aromatic heterocycles. The molecule has 0 aliphatic heterocycles. The van der Waals surface area contributed by atoms with Crippen LogP contribution in [0.3, 0.4) is 0 Å². The van der Waals surface area contributed by atoms with Crippen molar-refractivity contribution in [1.29, 1.82) is 5.26 Å². The highest BCUT2D eigenvalue weighted by molar-refractivity contribution is 6.00. The van der Waals surface area contributed by atoms with Gasteiger partial charge in [-0.05, 0) is 49.2 Å². The van der Waals surface area contributed by atoms with Crippen molar-refractivity contribution >= 4 is 17.4 Å². The van der Waals surface area contributed by atoms with Crippen LogP contribution in [-0.4, -0.2) is 6.03 Å². The van der Waals surface area contributed by atoms with E-state index in [1.165, 1.54) is 0 Å². The Balaban J connectivity index is 2.11. The van der Waals surface area contributed by atoms with E-state index in [0.29, 0.717) is 11.3 Å². The molecule has 0 fully saturated rings. The Labute approximate surface area is 118 Å². The van der Waals surface area contributed by atoms with E-state index >= 15 is 0 Å². The van der Waals surface area contributed by atoms with Gasteiger partial charge >= 0.3 is 6.03 Å². The normalized spacial score (nSPS) is 9.65. The van der Waals surface area contributed by atoms with E-state index < -0.39 is 0 Å².